The molecule has 3 N–H and O–H groups in total. The lowest BCUT2D eigenvalue weighted by molar-refractivity contribution is 0.198. The summed E-state index contributed by atoms with van der Waals surface area (Å²) < 4.78 is 0. The van der Waals surface area contributed by atoms with E-state index in [1.807, 2.05) is 7.05 Å². The third kappa shape index (κ3) is 11.6. The summed E-state index contributed by atoms with van der Waals surface area (Å²) in [6.45, 7) is 37.0. The zero-order chi connectivity index (χ0) is 32.8. The van der Waals surface area contributed by atoms with Gasteiger partial charge in [0.15, 0.2) is 0 Å². The minimum Gasteiger partial charge on any atom is -0.316 e. The molecule has 4 heteroatoms. The number of nitrogens with one attached hydrogen (secondary N) is 3. The quantitative estimate of drug-likeness (QED) is 0.194. The van der Waals surface area contributed by atoms with Crippen molar-refractivity contribution >= 4 is 0 Å². The van der Waals surface area contributed by atoms with Crippen molar-refractivity contribution in [2.24, 2.45) is 10.8 Å². The van der Waals surface area contributed by atoms with E-state index in [1.165, 1.54) is 50.9 Å². The van der Waals surface area contributed by atoms with E-state index < -0.39 is 0 Å². The first-order valence-electron chi connectivity index (χ1n) is 16.7. The van der Waals surface area contributed by atoms with Gasteiger partial charge in [0.1, 0.15) is 0 Å². The molecule has 2 aromatic carbocycles. The SMILES string of the molecule is CCC(C)(C)CN(C)Cc1cc(C(C)(C)C)cc(CNCC(C)(C)CNCc2cc(C(C)(C)C)cc(CNC)c2C)c1C. The van der Waals surface area contributed by atoms with Gasteiger partial charge in [-0.1, -0.05) is 100 Å². The average Bonchev–Trinajstić information content (AvgIpc) is 2.86. The second-order valence-electron chi connectivity index (χ2n) is 16.9. The normalized spacial score (nSPS) is 13.3. The van der Waals surface area contributed by atoms with Gasteiger partial charge < -0.3 is 20.9 Å². The lowest BCUT2D eigenvalue weighted by atomic mass is 9.83. The fourth-order valence-corrected chi connectivity index (χ4v) is 5.77. The molecule has 43 heavy (non-hydrogen) atoms. The highest BCUT2D eigenvalue weighted by atomic mass is 15.1. The van der Waals surface area contributed by atoms with E-state index in [4.69, 9.17) is 0 Å². The predicted molar refractivity (Wildman–Crippen MR) is 190 cm³/mol. The van der Waals surface area contributed by atoms with Crippen LogP contribution < -0.4 is 16.0 Å². The molecule has 0 aliphatic heterocycles. The predicted octanol–water partition coefficient (Wildman–Crippen LogP) is 8.39. The molecule has 0 amide bonds. The van der Waals surface area contributed by atoms with E-state index in [9.17, 15) is 0 Å². The van der Waals surface area contributed by atoms with Crippen molar-refractivity contribution in [3.63, 3.8) is 0 Å². The van der Waals surface area contributed by atoms with Gasteiger partial charge in [0.05, 0.1) is 0 Å². The maximum absolute atomic E-state index is 3.84. The Morgan fingerprint density at radius 3 is 1.40 bits per heavy atom. The fraction of sp³-hybridized carbons (Fsp3) is 0.692. The van der Waals surface area contributed by atoms with Crippen LogP contribution in [0.1, 0.15) is 127 Å². The molecule has 0 atom stereocenters. The first-order chi connectivity index (χ1) is 19.7. The standard InChI is InChI=1S/C39H68N4/c1-16-38(10,11)27-43(15)24-33-20-35(37(7,8)9)19-32(29(33)3)23-42-26-39(12,13)25-41-22-31-18-34(36(4,5)6)17-30(21-40-14)28(31)2/h17-20,40-42H,16,21-27H2,1-15H3. The molecule has 0 aliphatic carbocycles. The highest BCUT2D eigenvalue weighted by Gasteiger charge is 2.23. The Balaban J connectivity index is 2.11. The van der Waals surface area contributed by atoms with Crippen LogP contribution in [0.4, 0.5) is 0 Å². The Morgan fingerprint density at radius 2 is 1.00 bits per heavy atom. The van der Waals surface area contributed by atoms with Crippen LogP contribution in [0.5, 0.6) is 0 Å². The van der Waals surface area contributed by atoms with Gasteiger partial charge >= 0.3 is 0 Å². The summed E-state index contributed by atoms with van der Waals surface area (Å²) in [7, 11) is 4.31. The van der Waals surface area contributed by atoms with Gasteiger partial charge in [-0.3, -0.25) is 0 Å². The zero-order valence-corrected chi connectivity index (χ0v) is 30.9. The molecule has 2 aromatic rings. The molecule has 0 aromatic heterocycles. The van der Waals surface area contributed by atoms with Gasteiger partial charge in [-0.25, -0.2) is 0 Å². The molecular formula is C39H68N4. The average molecular weight is 593 g/mol. The molecule has 0 aliphatic rings. The Hall–Kier alpha value is -1.72. The van der Waals surface area contributed by atoms with Crippen LogP contribution in [0.3, 0.4) is 0 Å². The third-order valence-electron chi connectivity index (χ3n) is 9.28. The van der Waals surface area contributed by atoms with Crippen molar-refractivity contribution in [3.05, 3.63) is 68.8 Å². The van der Waals surface area contributed by atoms with Crippen LogP contribution in [0, 0.1) is 24.7 Å². The van der Waals surface area contributed by atoms with Gasteiger partial charge in [0, 0.05) is 45.8 Å². The molecule has 0 spiro atoms. The van der Waals surface area contributed by atoms with Gasteiger partial charge in [-0.15, -0.1) is 0 Å². The van der Waals surface area contributed by atoms with E-state index in [1.54, 1.807) is 0 Å². The largest absolute Gasteiger partial charge is 0.316 e. The Labute approximate surface area is 267 Å². The van der Waals surface area contributed by atoms with Crippen molar-refractivity contribution in [2.75, 3.05) is 33.7 Å². The molecule has 0 radical (unpaired) electrons. The van der Waals surface area contributed by atoms with Crippen LogP contribution in [0.2, 0.25) is 0 Å². The molecule has 0 unspecified atom stereocenters. The maximum Gasteiger partial charge on any atom is 0.0233 e. The maximum atomic E-state index is 3.84. The molecule has 244 valence electrons. The summed E-state index contributed by atoms with van der Waals surface area (Å²) in [5.74, 6) is 0. The lowest BCUT2D eigenvalue weighted by Gasteiger charge is -2.31. The Kier molecular flexibility index (Phi) is 13.1. The van der Waals surface area contributed by atoms with Crippen LogP contribution in [-0.4, -0.2) is 38.6 Å². The minimum absolute atomic E-state index is 0.122. The molecule has 0 bridgehead atoms. The smallest absolute Gasteiger partial charge is 0.0233 e. The second kappa shape index (κ2) is 15.0. The van der Waals surface area contributed by atoms with Crippen molar-refractivity contribution in [1.82, 2.24) is 20.9 Å². The zero-order valence-electron chi connectivity index (χ0n) is 30.9. The first kappa shape index (κ1) is 37.5. The van der Waals surface area contributed by atoms with Crippen LogP contribution in [0.25, 0.3) is 0 Å². The summed E-state index contributed by atoms with van der Waals surface area (Å²) in [4.78, 5) is 2.50. The van der Waals surface area contributed by atoms with E-state index in [-0.39, 0.29) is 16.2 Å². The summed E-state index contributed by atoms with van der Waals surface area (Å²) in [5, 5.41) is 11.0. The summed E-state index contributed by atoms with van der Waals surface area (Å²) in [6.07, 6.45) is 1.19. The highest BCUT2D eigenvalue weighted by molar-refractivity contribution is 5.42. The number of hydrogen-bond acceptors (Lipinski definition) is 4. The molecule has 0 saturated carbocycles. The summed E-state index contributed by atoms with van der Waals surface area (Å²) in [5.41, 5.74) is 12.1. The molecule has 0 fully saturated rings. The molecule has 2 rings (SSSR count). The Bertz CT molecular complexity index is 1180. The van der Waals surface area contributed by atoms with E-state index in [2.05, 4.69) is 142 Å². The van der Waals surface area contributed by atoms with Crippen LogP contribution in [-0.2, 0) is 37.0 Å². The minimum atomic E-state index is 0.122. The van der Waals surface area contributed by atoms with Crippen LogP contribution >= 0.6 is 0 Å². The summed E-state index contributed by atoms with van der Waals surface area (Å²) >= 11 is 0. The lowest BCUT2D eigenvalue weighted by Crippen LogP contribution is -2.38. The Morgan fingerprint density at radius 1 is 0.605 bits per heavy atom. The monoisotopic (exact) mass is 593 g/mol. The van der Waals surface area contributed by atoms with Gasteiger partial charge in [0.2, 0.25) is 0 Å². The number of benzene rings is 2. The molecule has 0 saturated heterocycles. The number of rotatable bonds is 15. The molecule has 4 nitrogen and oxygen atoms in total. The molecule has 0 heterocycles. The van der Waals surface area contributed by atoms with Gasteiger partial charge in [-0.2, -0.15) is 0 Å². The van der Waals surface area contributed by atoms with Crippen molar-refractivity contribution in [2.45, 2.75) is 133 Å². The van der Waals surface area contributed by atoms with E-state index in [0.29, 0.717) is 5.41 Å². The van der Waals surface area contributed by atoms with Gasteiger partial charge in [0.25, 0.3) is 0 Å². The first-order valence-corrected chi connectivity index (χ1v) is 16.7. The van der Waals surface area contributed by atoms with E-state index in [0.717, 1.165) is 45.8 Å². The number of hydrogen-bond donors (Lipinski definition) is 3. The molecular weight excluding hydrogens is 524 g/mol. The fourth-order valence-electron chi connectivity index (χ4n) is 5.77. The highest BCUT2D eigenvalue weighted by Crippen LogP contribution is 2.30. The van der Waals surface area contributed by atoms with Crippen molar-refractivity contribution in [1.29, 1.82) is 0 Å². The third-order valence-corrected chi connectivity index (χ3v) is 9.28. The van der Waals surface area contributed by atoms with Gasteiger partial charge in [-0.05, 0) is 101 Å². The second-order valence-corrected chi connectivity index (χ2v) is 16.9. The summed E-state index contributed by atoms with van der Waals surface area (Å²) in [6, 6.07) is 9.70. The van der Waals surface area contributed by atoms with Crippen molar-refractivity contribution < 1.29 is 0 Å². The topological polar surface area (TPSA) is 39.3 Å². The van der Waals surface area contributed by atoms with Crippen LogP contribution in [0.15, 0.2) is 24.3 Å². The van der Waals surface area contributed by atoms with E-state index >= 15 is 0 Å². The van der Waals surface area contributed by atoms with Crippen molar-refractivity contribution in [3.8, 4) is 0 Å². The number of nitrogens with zero attached hydrogens (tertiary/aromatic N) is 1.